The van der Waals surface area contributed by atoms with Gasteiger partial charge in [0, 0.05) is 37.8 Å². The Morgan fingerprint density at radius 3 is 2.50 bits per heavy atom. The number of nitrogens with zero attached hydrogens (tertiary/aromatic N) is 3. The highest BCUT2D eigenvalue weighted by Crippen LogP contribution is 2.24. The molecular formula is C25H31N3O4. The largest absolute Gasteiger partial charge is 0.494 e. The molecular weight excluding hydrogens is 406 g/mol. The minimum Gasteiger partial charge on any atom is -0.494 e. The second kappa shape index (κ2) is 10.8. The molecule has 0 saturated carbocycles. The van der Waals surface area contributed by atoms with E-state index in [0.717, 1.165) is 46.9 Å². The van der Waals surface area contributed by atoms with Gasteiger partial charge in [-0.2, -0.15) is 0 Å². The van der Waals surface area contributed by atoms with Crippen molar-refractivity contribution in [3.05, 3.63) is 65.9 Å². The molecule has 7 heteroatoms. The molecule has 3 rings (SSSR count). The molecule has 0 spiro atoms. The molecule has 0 amide bonds. The molecule has 0 bridgehead atoms. The molecule has 0 aliphatic heterocycles. The summed E-state index contributed by atoms with van der Waals surface area (Å²) >= 11 is 0. The lowest BCUT2D eigenvalue weighted by molar-refractivity contribution is -0.142. The van der Waals surface area contributed by atoms with Crippen LogP contribution in [0.25, 0.3) is 11.3 Å². The number of anilines is 1. The zero-order chi connectivity index (χ0) is 23.1. The number of benzene rings is 2. The predicted molar refractivity (Wildman–Crippen MR) is 125 cm³/mol. The number of aromatic nitrogens is 1. The van der Waals surface area contributed by atoms with Crippen molar-refractivity contribution in [1.29, 1.82) is 0 Å². The van der Waals surface area contributed by atoms with E-state index >= 15 is 0 Å². The summed E-state index contributed by atoms with van der Waals surface area (Å²) in [6.07, 6.45) is 1.99. The summed E-state index contributed by atoms with van der Waals surface area (Å²) in [7, 11) is 7.57. The van der Waals surface area contributed by atoms with Crippen LogP contribution in [0, 0.1) is 0 Å². The molecule has 170 valence electrons. The fraction of sp³-hybridized carbons (Fsp3) is 0.360. The van der Waals surface area contributed by atoms with Crippen LogP contribution < -0.4 is 9.64 Å². The Bertz CT molecular complexity index is 1010. The van der Waals surface area contributed by atoms with Gasteiger partial charge in [0.05, 0.1) is 6.61 Å². The van der Waals surface area contributed by atoms with Crippen molar-refractivity contribution in [2.45, 2.75) is 25.3 Å². The Kier molecular flexibility index (Phi) is 7.89. The topological polar surface area (TPSA) is 79.0 Å². The molecule has 0 fully saturated rings. The summed E-state index contributed by atoms with van der Waals surface area (Å²) in [6, 6.07) is 17.2. The van der Waals surface area contributed by atoms with Gasteiger partial charge < -0.3 is 19.3 Å². The Morgan fingerprint density at radius 2 is 1.84 bits per heavy atom. The summed E-state index contributed by atoms with van der Waals surface area (Å²) in [6.45, 7) is 0.556. The maximum atomic E-state index is 11.3. The highest BCUT2D eigenvalue weighted by atomic mass is 16.5. The van der Waals surface area contributed by atoms with Crippen molar-refractivity contribution in [2.24, 2.45) is 0 Å². The van der Waals surface area contributed by atoms with Crippen LogP contribution in [0.5, 0.6) is 5.75 Å². The monoisotopic (exact) mass is 437 g/mol. The van der Waals surface area contributed by atoms with Crippen molar-refractivity contribution >= 4 is 11.7 Å². The first-order valence-electron chi connectivity index (χ1n) is 10.7. The number of aliphatic carboxylic acids is 1. The lowest BCUT2D eigenvalue weighted by Crippen LogP contribution is -2.37. The Hall–Kier alpha value is -3.32. The number of likely N-dealkylation sites (N-methyl/N-ethyl adjacent to an activating group) is 1. The fourth-order valence-corrected chi connectivity index (χ4v) is 3.38. The van der Waals surface area contributed by atoms with E-state index in [-0.39, 0.29) is 0 Å². The molecule has 0 unspecified atom stereocenters. The number of hydrogen-bond donors (Lipinski definition) is 1. The van der Waals surface area contributed by atoms with Crippen LogP contribution in [-0.4, -0.2) is 62.0 Å². The van der Waals surface area contributed by atoms with Crippen LogP contribution >= 0.6 is 0 Å². The maximum absolute atomic E-state index is 11.3. The number of carbonyl (C=O) groups is 1. The lowest BCUT2D eigenvalue weighted by Gasteiger charge is -2.20. The summed E-state index contributed by atoms with van der Waals surface area (Å²) in [5, 5.41) is 13.5. The first-order chi connectivity index (χ1) is 15.3. The van der Waals surface area contributed by atoms with Crippen LogP contribution in [-0.2, 0) is 17.6 Å². The Morgan fingerprint density at radius 1 is 1.09 bits per heavy atom. The smallest absolute Gasteiger partial charge is 0.321 e. The van der Waals surface area contributed by atoms with E-state index in [1.807, 2.05) is 56.6 Å². The SMILES string of the molecule is CN(C)c1cccc(-c2cc(CCCOc3ccc(C[C@@H](C(=O)O)N(C)C)cc3)on2)c1. The summed E-state index contributed by atoms with van der Waals surface area (Å²) in [4.78, 5) is 15.1. The molecule has 0 radical (unpaired) electrons. The van der Waals surface area contributed by atoms with Crippen molar-refractivity contribution in [1.82, 2.24) is 10.1 Å². The number of carboxylic acids is 1. The minimum atomic E-state index is -0.823. The summed E-state index contributed by atoms with van der Waals surface area (Å²) in [5.74, 6) is 0.776. The standard InChI is InChI=1S/C25H31N3O4/c1-27(2)20-8-5-7-19(16-20)23-17-22(32-26-23)9-6-14-31-21-12-10-18(11-13-21)15-24(25(29)30)28(3)4/h5,7-8,10-13,16-17,24H,6,9,14-15H2,1-4H3,(H,29,30)/t24-/m0/s1. The van der Waals surface area contributed by atoms with E-state index < -0.39 is 12.0 Å². The number of hydrogen-bond acceptors (Lipinski definition) is 6. The van der Waals surface area contributed by atoms with Gasteiger partial charge in [0.1, 0.15) is 23.2 Å². The van der Waals surface area contributed by atoms with Gasteiger partial charge in [-0.3, -0.25) is 9.69 Å². The van der Waals surface area contributed by atoms with Gasteiger partial charge in [0.25, 0.3) is 0 Å². The van der Waals surface area contributed by atoms with E-state index in [4.69, 9.17) is 9.26 Å². The highest BCUT2D eigenvalue weighted by molar-refractivity contribution is 5.73. The Balaban J connectivity index is 1.47. The van der Waals surface area contributed by atoms with E-state index in [9.17, 15) is 9.90 Å². The second-order valence-electron chi connectivity index (χ2n) is 8.24. The zero-order valence-electron chi connectivity index (χ0n) is 19.1. The van der Waals surface area contributed by atoms with E-state index in [2.05, 4.69) is 22.2 Å². The molecule has 1 heterocycles. The second-order valence-corrected chi connectivity index (χ2v) is 8.24. The summed E-state index contributed by atoms with van der Waals surface area (Å²) in [5.41, 5.74) is 3.94. The molecule has 3 aromatic rings. The third-order valence-corrected chi connectivity index (χ3v) is 5.31. The molecule has 2 aromatic carbocycles. The van der Waals surface area contributed by atoms with E-state index in [1.165, 1.54) is 0 Å². The van der Waals surface area contributed by atoms with Gasteiger partial charge >= 0.3 is 5.97 Å². The molecule has 7 nitrogen and oxygen atoms in total. The maximum Gasteiger partial charge on any atom is 0.321 e. The number of carboxylic acid groups (broad SMARTS) is 1. The third kappa shape index (κ3) is 6.34. The number of ether oxygens (including phenoxy) is 1. The van der Waals surface area contributed by atoms with Gasteiger partial charge in [-0.1, -0.05) is 29.4 Å². The average molecular weight is 438 g/mol. The molecule has 1 N–H and O–H groups in total. The first-order valence-corrected chi connectivity index (χ1v) is 10.7. The number of rotatable bonds is 11. The molecule has 0 aliphatic carbocycles. The van der Waals surface area contributed by atoms with Crippen LogP contribution in [0.3, 0.4) is 0 Å². The average Bonchev–Trinajstić information content (AvgIpc) is 3.24. The lowest BCUT2D eigenvalue weighted by atomic mass is 10.1. The predicted octanol–water partition coefficient (Wildman–Crippen LogP) is 3.98. The molecule has 1 aromatic heterocycles. The van der Waals surface area contributed by atoms with Crippen molar-refractivity contribution in [3.8, 4) is 17.0 Å². The summed E-state index contributed by atoms with van der Waals surface area (Å²) < 4.78 is 11.3. The molecule has 32 heavy (non-hydrogen) atoms. The Labute approximate surface area is 189 Å². The van der Waals surface area contributed by atoms with Crippen LogP contribution in [0.1, 0.15) is 17.7 Å². The van der Waals surface area contributed by atoms with Crippen LogP contribution in [0.15, 0.2) is 59.1 Å². The van der Waals surface area contributed by atoms with Crippen LogP contribution in [0.4, 0.5) is 5.69 Å². The van der Waals surface area contributed by atoms with Crippen molar-refractivity contribution in [3.63, 3.8) is 0 Å². The van der Waals surface area contributed by atoms with Gasteiger partial charge in [-0.25, -0.2) is 0 Å². The van der Waals surface area contributed by atoms with Gasteiger partial charge in [0.2, 0.25) is 0 Å². The zero-order valence-corrected chi connectivity index (χ0v) is 19.1. The van der Waals surface area contributed by atoms with Gasteiger partial charge in [-0.05, 0) is 56.8 Å². The van der Waals surface area contributed by atoms with Crippen molar-refractivity contribution < 1.29 is 19.2 Å². The number of aryl methyl sites for hydroxylation is 1. The fourth-order valence-electron chi connectivity index (χ4n) is 3.38. The molecule has 0 saturated heterocycles. The normalized spacial score (nSPS) is 12.0. The third-order valence-electron chi connectivity index (χ3n) is 5.31. The first kappa shape index (κ1) is 23.3. The van der Waals surface area contributed by atoms with E-state index in [1.54, 1.807) is 19.0 Å². The minimum absolute atomic E-state index is 0.452. The highest BCUT2D eigenvalue weighted by Gasteiger charge is 2.20. The van der Waals surface area contributed by atoms with Crippen molar-refractivity contribution in [2.75, 3.05) is 39.7 Å². The van der Waals surface area contributed by atoms with Gasteiger partial charge in [0.15, 0.2) is 0 Å². The molecule has 1 atom stereocenters. The quantitative estimate of drug-likeness (QED) is 0.455. The van der Waals surface area contributed by atoms with Gasteiger partial charge in [-0.15, -0.1) is 0 Å². The van der Waals surface area contributed by atoms with E-state index in [0.29, 0.717) is 13.0 Å². The van der Waals surface area contributed by atoms with Crippen LogP contribution in [0.2, 0.25) is 0 Å². The molecule has 0 aliphatic rings.